The Bertz CT molecular complexity index is 573. The van der Waals surface area contributed by atoms with Crippen LogP contribution in [0.2, 0.25) is 0 Å². The number of benzene rings is 1. The minimum Gasteiger partial charge on any atom is -0.398 e. The van der Waals surface area contributed by atoms with E-state index >= 15 is 0 Å². The fourth-order valence-electron chi connectivity index (χ4n) is 2.77. The molecule has 0 saturated carbocycles. The fourth-order valence-corrected chi connectivity index (χ4v) is 2.77. The van der Waals surface area contributed by atoms with Gasteiger partial charge in [0.1, 0.15) is 0 Å². The number of hydrogen-bond acceptors (Lipinski definition) is 3. The lowest BCUT2D eigenvalue weighted by molar-refractivity contribution is 0.657. The Morgan fingerprint density at radius 1 is 1.37 bits per heavy atom. The van der Waals surface area contributed by atoms with Crippen molar-refractivity contribution in [2.75, 3.05) is 17.2 Å². The summed E-state index contributed by atoms with van der Waals surface area (Å²) in [6.45, 7) is 5.03. The van der Waals surface area contributed by atoms with Gasteiger partial charge in [0, 0.05) is 42.8 Å². The Morgan fingerprint density at radius 2 is 2.26 bits per heavy atom. The fraction of sp³-hybridized carbons (Fsp3) is 0.400. The van der Waals surface area contributed by atoms with Gasteiger partial charge in [-0.05, 0) is 37.5 Å². The molecule has 100 valence electrons. The average Bonchev–Trinajstić information content (AvgIpc) is 2.88. The molecule has 0 spiro atoms. The van der Waals surface area contributed by atoms with Gasteiger partial charge in [-0.3, -0.25) is 4.68 Å². The Morgan fingerprint density at radius 3 is 3.05 bits per heavy atom. The third kappa shape index (κ3) is 2.30. The van der Waals surface area contributed by atoms with Crippen molar-refractivity contribution in [2.24, 2.45) is 0 Å². The van der Waals surface area contributed by atoms with Crippen LogP contribution in [0, 0.1) is 0 Å². The first-order valence-electron chi connectivity index (χ1n) is 6.91. The molecule has 0 fully saturated rings. The first-order chi connectivity index (χ1) is 9.28. The van der Waals surface area contributed by atoms with Crippen molar-refractivity contribution in [3.63, 3.8) is 0 Å². The summed E-state index contributed by atoms with van der Waals surface area (Å²) in [5.41, 5.74) is 10.9. The van der Waals surface area contributed by atoms with Crippen molar-refractivity contribution in [1.29, 1.82) is 0 Å². The van der Waals surface area contributed by atoms with E-state index < -0.39 is 0 Å². The molecule has 0 aliphatic carbocycles. The van der Waals surface area contributed by atoms with Gasteiger partial charge in [-0.2, -0.15) is 5.10 Å². The number of fused-ring (bicyclic) bond motifs is 1. The van der Waals surface area contributed by atoms with E-state index in [4.69, 9.17) is 5.73 Å². The largest absolute Gasteiger partial charge is 0.398 e. The molecule has 2 N–H and O–H groups in total. The van der Waals surface area contributed by atoms with Crippen LogP contribution in [-0.4, -0.2) is 16.3 Å². The molecule has 4 heteroatoms. The highest BCUT2D eigenvalue weighted by Gasteiger charge is 2.18. The average molecular weight is 256 g/mol. The number of nitrogens with two attached hydrogens (primary N) is 1. The first kappa shape index (κ1) is 12.1. The van der Waals surface area contributed by atoms with Crippen LogP contribution in [0.5, 0.6) is 0 Å². The van der Waals surface area contributed by atoms with Crippen LogP contribution < -0.4 is 10.6 Å². The van der Waals surface area contributed by atoms with Gasteiger partial charge in [0.05, 0.1) is 6.20 Å². The van der Waals surface area contributed by atoms with E-state index in [1.165, 1.54) is 23.2 Å². The summed E-state index contributed by atoms with van der Waals surface area (Å²) >= 11 is 0. The maximum atomic E-state index is 6.08. The summed E-state index contributed by atoms with van der Waals surface area (Å²) in [5.74, 6) is 0. The predicted octanol–water partition coefficient (Wildman–Crippen LogP) is 2.44. The van der Waals surface area contributed by atoms with Crippen LogP contribution >= 0.6 is 0 Å². The second-order valence-electron chi connectivity index (χ2n) is 5.07. The molecule has 1 aromatic heterocycles. The van der Waals surface area contributed by atoms with Crippen LogP contribution in [0.15, 0.2) is 30.6 Å². The molecule has 0 saturated heterocycles. The third-order valence-electron chi connectivity index (χ3n) is 3.77. The molecule has 0 atom stereocenters. The predicted molar refractivity (Wildman–Crippen MR) is 78.1 cm³/mol. The summed E-state index contributed by atoms with van der Waals surface area (Å²) in [7, 11) is 0. The number of nitrogen functional groups attached to an aromatic ring is 1. The number of aromatic nitrogens is 2. The maximum Gasteiger partial charge on any atom is 0.0539 e. The molecule has 0 amide bonds. The molecule has 19 heavy (non-hydrogen) atoms. The number of rotatable bonds is 3. The molecule has 0 bridgehead atoms. The van der Waals surface area contributed by atoms with Crippen molar-refractivity contribution in [1.82, 2.24) is 9.78 Å². The number of anilines is 2. The van der Waals surface area contributed by atoms with Crippen LogP contribution in [0.4, 0.5) is 11.4 Å². The Kier molecular flexibility index (Phi) is 3.15. The zero-order valence-electron chi connectivity index (χ0n) is 11.3. The summed E-state index contributed by atoms with van der Waals surface area (Å²) < 4.78 is 1.97. The summed E-state index contributed by atoms with van der Waals surface area (Å²) in [6.07, 6.45) is 6.35. The molecular formula is C15H20N4. The monoisotopic (exact) mass is 256 g/mol. The minimum atomic E-state index is 0.913. The Balaban J connectivity index is 1.85. The smallest absolute Gasteiger partial charge is 0.0539 e. The molecule has 0 unspecified atom stereocenters. The zero-order chi connectivity index (χ0) is 13.2. The van der Waals surface area contributed by atoms with E-state index in [9.17, 15) is 0 Å². The summed E-state index contributed by atoms with van der Waals surface area (Å²) in [5, 5.41) is 4.34. The van der Waals surface area contributed by atoms with E-state index in [0.717, 1.165) is 31.7 Å². The molecule has 0 radical (unpaired) electrons. The topological polar surface area (TPSA) is 47.1 Å². The van der Waals surface area contributed by atoms with E-state index in [-0.39, 0.29) is 0 Å². The third-order valence-corrected chi connectivity index (χ3v) is 3.77. The normalized spacial score (nSPS) is 14.5. The Hall–Kier alpha value is -1.97. The van der Waals surface area contributed by atoms with Gasteiger partial charge in [0.15, 0.2) is 0 Å². The van der Waals surface area contributed by atoms with E-state index in [1.54, 1.807) is 0 Å². The molecule has 4 nitrogen and oxygen atoms in total. The number of aryl methyl sites for hydroxylation is 1. The molecule has 1 aliphatic rings. The lowest BCUT2D eigenvalue weighted by atomic mass is 9.99. The number of nitrogens with zero attached hydrogens (tertiary/aromatic N) is 3. The minimum absolute atomic E-state index is 0.913. The van der Waals surface area contributed by atoms with Crippen molar-refractivity contribution >= 4 is 11.4 Å². The second-order valence-corrected chi connectivity index (χ2v) is 5.07. The van der Waals surface area contributed by atoms with Crippen molar-refractivity contribution < 1.29 is 0 Å². The molecule has 1 aromatic carbocycles. The second kappa shape index (κ2) is 4.96. The van der Waals surface area contributed by atoms with Gasteiger partial charge < -0.3 is 10.6 Å². The molecule has 3 rings (SSSR count). The van der Waals surface area contributed by atoms with Crippen LogP contribution in [-0.2, 0) is 19.5 Å². The van der Waals surface area contributed by atoms with Crippen molar-refractivity contribution in [3.05, 3.63) is 41.7 Å². The van der Waals surface area contributed by atoms with E-state index in [0.29, 0.717) is 0 Å². The summed E-state index contributed by atoms with van der Waals surface area (Å²) in [4.78, 5) is 2.41. The molecule has 2 heterocycles. The highest BCUT2D eigenvalue weighted by atomic mass is 15.3. The SMILES string of the molecule is CCn1cc(CN2CCCc3c(N)cccc32)cn1. The number of hydrogen-bond donors (Lipinski definition) is 1. The molecule has 1 aliphatic heterocycles. The van der Waals surface area contributed by atoms with Crippen molar-refractivity contribution in [2.45, 2.75) is 32.9 Å². The van der Waals surface area contributed by atoms with Gasteiger partial charge in [-0.15, -0.1) is 0 Å². The van der Waals surface area contributed by atoms with Crippen molar-refractivity contribution in [3.8, 4) is 0 Å². The Labute approximate surface area is 113 Å². The molecular weight excluding hydrogens is 236 g/mol. The zero-order valence-corrected chi connectivity index (χ0v) is 11.3. The first-order valence-corrected chi connectivity index (χ1v) is 6.91. The van der Waals surface area contributed by atoms with Gasteiger partial charge >= 0.3 is 0 Å². The van der Waals surface area contributed by atoms with Gasteiger partial charge in [-0.25, -0.2) is 0 Å². The summed E-state index contributed by atoms with van der Waals surface area (Å²) in [6, 6.07) is 6.22. The van der Waals surface area contributed by atoms with Gasteiger partial charge in [0.25, 0.3) is 0 Å². The maximum absolute atomic E-state index is 6.08. The van der Waals surface area contributed by atoms with Crippen LogP contribution in [0.1, 0.15) is 24.5 Å². The quantitative estimate of drug-likeness (QED) is 0.858. The standard InChI is InChI=1S/C15H20N4/c1-2-19-11-12(9-17-19)10-18-8-4-5-13-14(16)6-3-7-15(13)18/h3,6-7,9,11H,2,4-5,8,10,16H2,1H3. The highest BCUT2D eigenvalue weighted by molar-refractivity contribution is 5.66. The van der Waals surface area contributed by atoms with Gasteiger partial charge in [0.2, 0.25) is 0 Å². The van der Waals surface area contributed by atoms with Crippen LogP contribution in [0.25, 0.3) is 0 Å². The van der Waals surface area contributed by atoms with E-state index in [2.05, 4.69) is 29.2 Å². The molecule has 2 aromatic rings. The van der Waals surface area contributed by atoms with E-state index in [1.807, 2.05) is 23.0 Å². The lowest BCUT2D eigenvalue weighted by Crippen LogP contribution is -2.29. The lowest BCUT2D eigenvalue weighted by Gasteiger charge is -2.31. The highest BCUT2D eigenvalue weighted by Crippen LogP contribution is 2.32. The van der Waals surface area contributed by atoms with Crippen LogP contribution in [0.3, 0.4) is 0 Å². The van der Waals surface area contributed by atoms with Gasteiger partial charge in [-0.1, -0.05) is 6.07 Å².